The van der Waals surface area contributed by atoms with Crippen molar-refractivity contribution in [2.24, 2.45) is 0 Å². The van der Waals surface area contributed by atoms with Crippen molar-refractivity contribution in [2.45, 2.75) is 0 Å². The Morgan fingerprint density at radius 1 is 1.07 bits per heavy atom. The molecule has 2 aromatic carbocycles. The molecular weight excluding hydrogens is 223 g/mol. The number of benzene rings is 2. The molecule has 0 atom stereocenters. The molecule has 0 unspecified atom stereocenters. The summed E-state index contributed by atoms with van der Waals surface area (Å²) in [5.41, 5.74) is 0. The van der Waals surface area contributed by atoms with Crippen molar-refractivity contribution in [3.63, 3.8) is 0 Å². The lowest BCUT2D eigenvalue weighted by atomic mass is 10.1. The van der Waals surface area contributed by atoms with Crippen LogP contribution in [0.15, 0.2) is 24.3 Å². The molecule has 0 amide bonds. The molecule has 0 saturated carbocycles. The largest absolute Gasteiger partial charge is 0.507 e. The smallest absolute Gasteiger partial charge is 0.147 e. The van der Waals surface area contributed by atoms with Crippen LogP contribution in [0, 0.1) is 0 Å². The van der Waals surface area contributed by atoms with Gasteiger partial charge in [-0.25, -0.2) is 0 Å². The quantitative estimate of drug-likeness (QED) is 0.724. The summed E-state index contributed by atoms with van der Waals surface area (Å²) >= 11 is 11.5. The van der Waals surface area contributed by atoms with Gasteiger partial charge in [-0.2, -0.15) is 0 Å². The summed E-state index contributed by atoms with van der Waals surface area (Å²) in [6, 6.07) is 6.48. The maximum atomic E-state index is 9.64. The molecule has 0 aliphatic rings. The maximum Gasteiger partial charge on any atom is 0.147 e. The monoisotopic (exact) mass is 228 g/mol. The highest BCUT2D eigenvalue weighted by atomic mass is 35.5. The molecule has 2 aromatic rings. The molecule has 72 valence electrons. The normalized spacial score (nSPS) is 10.7. The lowest BCUT2D eigenvalue weighted by Gasteiger charge is -2.06. The third kappa shape index (κ3) is 1.27. The summed E-state index contributed by atoms with van der Waals surface area (Å²) in [7, 11) is 0. The Bertz CT molecular complexity index is 509. The minimum Gasteiger partial charge on any atom is -0.507 e. The fourth-order valence-electron chi connectivity index (χ4n) is 1.36. The Balaban J connectivity index is 2.99. The van der Waals surface area contributed by atoms with Gasteiger partial charge in [0.15, 0.2) is 0 Å². The molecule has 0 bridgehead atoms. The van der Waals surface area contributed by atoms with Gasteiger partial charge in [0.05, 0.1) is 10.4 Å². The van der Waals surface area contributed by atoms with Crippen LogP contribution in [0.1, 0.15) is 0 Å². The first-order valence-corrected chi connectivity index (χ1v) is 4.65. The summed E-state index contributed by atoms with van der Waals surface area (Å²) in [6.45, 7) is 0. The van der Waals surface area contributed by atoms with Crippen molar-refractivity contribution in [3.8, 4) is 11.5 Å². The third-order valence-corrected chi connectivity index (χ3v) is 2.79. The molecule has 14 heavy (non-hydrogen) atoms. The maximum absolute atomic E-state index is 9.64. The number of hydrogen-bond acceptors (Lipinski definition) is 2. The van der Waals surface area contributed by atoms with Gasteiger partial charge in [0.1, 0.15) is 16.5 Å². The van der Waals surface area contributed by atoms with Gasteiger partial charge in [0.2, 0.25) is 0 Å². The number of phenols is 2. The van der Waals surface area contributed by atoms with E-state index in [4.69, 9.17) is 23.2 Å². The Hall–Kier alpha value is -1.12. The van der Waals surface area contributed by atoms with Crippen molar-refractivity contribution < 1.29 is 10.2 Å². The standard InChI is InChI=1S/C10H6Cl2O2/c11-6-4-5-2-1-3-7(13)8(5)10(14)9(6)12/h1-4,13-14H. The lowest BCUT2D eigenvalue weighted by molar-refractivity contribution is 0.464. The van der Waals surface area contributed by atoms with E-state index in [2.05, 4.69) is 0 Å². The van der Waals surface area contributed by atoms with E-state index in [1.807, 2.05) is 0 Å². The molecule has 0 fully saturated rings. The second-order valence-electron chi connectivity index (χ2n) is 2.90. The number of aromatic hydroxyl groups is 2. The summed E-state index contributed by atoms with van der Waals surface area (Å²) in [6.07, 6.45) is 0. The number of hydrogen-bond donors (Lipinski definition) is 2. The van der Waals surface area contributed by atoms with Crippen LogP contribution in [0.3, 0.4) is 0 Å². The first-order chi connectivity index (χ1) is 6.61. The molecule has 0 spiro atoms. The molecule has 0 heterocycles. The summed E-state index contributed by atoms with van der Waals surface area (Å²) in [5.74, 6) is -0.203. The van der Waals surface area contributed by atoms with Crippen molar-refractivity contribution in [1.29, 1.82) is 0 Å². The van der Waals surface area contributed by atoms with Crippen molar-refractivity contribution in [3.05, 3.63) is 34.3 Å². The van der Waals surface area contributed by atoms with Crippen LogP contribution in [-0.2, 0) is 0 Å². The summed E-state index contributed by atoms with van der Waals surface area (Å²) in [4.78, 5) is 0. The summed E-state index contributed by atoms with van der Waals surface area (Å²) in [5, 5.41) is 20.4. The number of halogens is 2. The van der Waals surface area contributed by atoms with Gasteiger partial charge in [0.25, 0.3) is 0 Å². The van der Waals surface area contributed by atoms with Gasteiger partial charge in [-0.15, -0.1) is 0 Å². The Morgan fingerprint density at radius 3 is 2.50 bits per heavy atom. The van der Waals surface area contributed by atoms with Crippen molar-refractivity contribution in [1.82, 2.24) is 0 Å². The van der Waals surface area contributed by atoms with Crippen LogP contribution in [0.25, 0.3) is 10.8 Å². The first kappa shape index (κ1) is 9.44. The van der Waals surface area contributed by atoms with E-state index < -0.39 is 0 Å². The Labute approximate surface area is 90.3 Å². The minimum atomic E-state index is -0.188. The highest BCUT2D eigenvalue weighted by Crippen LogP contribution is 2.41. The van der Waals surface area contributed by atoms with Crippen LogP contribution in [0.2, 0.25) is 10.0 Å². The molecule has 0 aliphatic carbocycles. The van der Waals surface area contributed by atoms with Gasteiger partial charge in [-0.05, 0) is 17.5 Å². The third-order valence-electron chi connectivity index (χ3n) is 2.01. The molecule has 2 N–H and O–H groups in total. The van der Waals surface area contributed by atoms with Gasteiger partial charge in [-0.3, -0.25) is 0 Å². The fraction of sp³-hybridized carbons (Fsp3) is 0. The van der Waals surface area contributed by atoms with E-state index in [0.29, 0.717) is 10.8 Å². The minimum absolute atomic E-state index is 0.0152. The van der Waals surface area contributed by atoms with Crippen LogP contribution in [-0.4, -0.2) is 10.2 Å². The second-order valence-corrected chi connectivity index (χ2v) is 3.68. The van der Waals surface area contributed by atoms with Gasteiger partial charge < -0.3 is 10.2 Å². The van der Waals surface area contributed by atoms with E-state index in [1.54, 1.807) is 18.2 Å². The van der Waals surface area contributed by atoms with E-state index >= 15 is 0 Å². The number of phenolic OH excluding ortho intramolecular Hbond substituents is 2. The molecule has 0 radical (unpaired) electrons. The van der Waals surface area contributed by atoms with Crippen LogP contribution >= 0.6 is 23.2 Å². The molecular formula is C10H6Cl2O2. The number of fused-ring (bicyclic) bond motifs is 1. The highest BCUT2D eigenvalue weighted by molar-refractivity contribution is 6.44. The zero-order chi connectivity index (χ0) is 10.3. The zero-order valence-corrected chi connectivity index (χ0v) is 8.47. The average molecular weight is 229 g/mol. The van der Waals surface area contributed by atoms with Crippen molar-refractivity contribution >= 4 is 34.0 Å². The van der Waals surface area contributed by atoms with Crippen LogP contribution < -0.4 is 0 Å². The SMILES string of the molecule is Oc1cccc2cc(Cl)c(Cl)c(O)c12. The molecule has 2 nitrogen and oxygen atoms in total. The topological polar surface area (TPSA) is 40.5 Å². The lowest BCUT2D eigenvalue weighted by Crippen LogP contribution is -1.78. The van der Waals surface area contributed by atoms with Crippen molar-refractivity contribution in [2.75, 3.05) is 0 Å². The summed E-state index contributed by atoms with van der Waals surface area (Å²) < 4.78 is 0. The van der Waals surface area contributed by atoms with Gasteiger partial charge in [-0.1, -0.05) is 35.3 Å². The molecule has 0 aliphatic heterocycles. The molecule has 0 aromatic heterocycles. The van der Waals surface area contributed by atoms with Gasteiger partial charge >= 0.3 is 0 Å². The molecule has 0 saturated heterocycles. The molecule has 4 heteroatoms. The molecule has 2 rings (SSSR count). The average Bonchev–Trinajstić information content (AvgIpc) is 2.14. The van der Waals surface area contributed by atoms with Crippen LogP contribution in [0.4, 0.5) is 0 Å². The number of rotatable bonds is 0. The van der Waals surface area contributed by atoms with E-state index in [9.17, 15) is 10.2 Å². The first-order valence-electron chi connectivity index (χ1n) is 3.90. The Kier molecular flexibility index (Phi) is 2.17. The highest BCUT2D eigenvalue weighted by Gasteiger charge is 2.12. The predicted molar refractivity (Wildman–Crippen MR) is 57.3 cm³/mol. The predicted octanol–water partition coefficient (Wildman–Crippen LogP) is 3.56. The van der Waals surface area contributed by atoms with E-state index in [0.717, 1.165) is 0 Å². The van der Waals surface area contributed by atoms with E-state index in [-0.39, 0.29) is 21.5 Å². The van der Waals surface area contributed by atoms with Gasteiger partial charge in [0, 0.05) is 0 Å². The second kappa shape index (κ2) is 3.23. The Morgan fingerprint density at radius 2 is 1.79 bits per heavy atom. The zero-order valence-electron chi connectivity index (χ0n) is 6.96. The van der Waals surface area contributed by atoms with Crippen LogP contribution in [0.5, 0.6) is 11.5 Å². The van der Waals surface area contributed by atoms with E-state index in [1.165, 1.54) is 6.07 Å². The fourth-order valence-corrected chi connectivity index (χ4v) is 1.71.